The number of hydrogen-bond donors (Lipinski definition) is 0. The molecule has 0 radical (unpaired) electrons. The molecule has 0 saturated heterocycles. The van der Waals surface area contributed by atoms with E-state index in [0.29, 0.717) is 4.90 Å². The van der Waals surface area contributed by atoms with Gasteiger partial charge in [-0.2, -0.15) is 9.88 Å². The van der Waals surface area contributed by atoms with Crippen molar-refractivity contribution in [1.29, 1.82) is 0 Å². The molecule has 128 valence electrons. The second-order valence-corrected chi connectivity index (χ2v) is 7.34. The van der Waals surface area contributed by atoms with Gasteiger partial charge in [0.05, 0.1) is 0 Å². The molecular weight excluding hydrogens is 345 g/mol. The van der Waals surface area contributed by atoms with Gasteiger partial charge in [-0.1, -0.05) is 11.6 Å². The van der Waals surface area contributed by atoms with E-state index in [4.69, 9.17) is 32.7 Å². The van der Waals surface area contributed by atoms with Gasteiger partial charge in [0, 0.05) is 6.07 Å². The molecule has 0 aliphatic carbocycles. The van der Waals surface area contributed by atoms with Gasteiger partial charge in [-0.3, -0.25) is 0 Å². The van der Waals surface area contributed by atoms with Gasteiger partial charge in [0.1, 0.15) is 16.4 Å². The lowest BCUT2D eigenvalue weighted by Crippen LogP contribution is -2.44. The summed E-state index contributed by atoms with van der Waals surface area (Å²) >= 11 is 11.5. The second-order valence-electron chi connectivity index (χ2n) is 6.61. The zero-order valence-corrected chi connectivity index (χ0v) is 15.3. The molecule has 0 fully saturated rings. The maximum atomic E-state index is 12.4. The quantitative estimate of drug-likeness (QED) is 0.541. The summed E-state index contributed by atoms with van der Waals surface area (Å²) in [6.45, 7) is 9.99. The molecular formula is C14H19Cl2N3O4. The Balaban J connectivity index is 3.25. The van der Waals surface area contributed by atoms with E-state index in [-0.39, 0.29) is 16.3 Å². The Morgan fingerprint density at radius 1 is 0.957 bits per heavy atom. The van der Waals surface area contributed by atoms with Crippen LogP contribution in [0.25, 0.3) is 0 Å². The molecule has 0 spiro atoms. The lowest BCUT2D eigenvalue weighted by Gasteiger charge is -2.28. The first-order valence-electron chi connectivity index (χ1n) is 6.75. The molecule has 1 rings (SSSR count). The van der Waals surface area contributed by atoms with E-state index in [1.165, 1.54) is 6.07 Å². The largest absolute Gasteiger partial charge is 0.443 e. The van der Waals surface area contributed by atoms with E-state index in [1.54, 1.807) is 41.5 Å². The molecule has 0 N–H and O–H groups in total. The SMILES string of the molecule is CC(C)(C)OC(=O)N(C(=O)OC(C)(C)C)c1cc(Cl)nc(Cl)n1. The highest BCUT2D eigenvalue weighted by atomic mass is 35.5. The van der Waals surface area contributed by atoms with Gasteiger partial charge in [0.25, 0.3) is 0 Å². The molecule has 0 atom stereocenters. The molecule has 0 bridgehead atoms. The molecule has 1 heterocycles. The van der Waals surface area contributed by atoms with Crippen molar-refractivity contribution in [1.82, 2.24) is 9.97 Å². The van der Waals surface area contributed by atoms with Crippen LogP contribution in [0, 0.1) is 0 Å². The number of amides is 2. The third-order valence-electron chi connectivity index (χ3n) is 2.04. The molecule has 0 aliphatic rings. The normalized spacial score (nSPS) is 11.8. The van der Waals surface area contributed by atoms with Crippen molar-refractivity contribution in [3.63, 3.8) is 0 Å². The van der Waals surface area contributed by atoms with Gasteiger partial charge in [0.2, 0.25) is 5.28 Å². The summed E-state index contributed by atoms with van der Waals surface area (Å²) in [5.74, 6) is -0.140. The van der Waals surface area contributed by atoms with Crippen LogP contribution in [0.4, 0.5) is 15.4 Å². The van der Waals surface area contributed by atoms with Gasteiger partial charge >= 0.3 is 12.2 Å². The molecule has 0 aliphatic heterocycles. The number of anilines is 1. The fourth-order valence-corrected chi connectivity index (χ4v) is 1.77. The maximum absolute atomic E-state index is 12.4. The highest BCUT2D eigenvalue weighted by molar-refractivity contribution is 6.32. The average molecular weight is 364 g/mol. The Hall–Kier alpha value is -1.60. The minimum atomic E-state index is -0.961. The summed E-state index contributed by atoms with van der Waals surface area (Å²) in [5.41, 5.74) is -1.64. The van der Waals surface area contributed by atoms with Crippen molar-refractivity contribution in [3.05, 3.63) is 16.5 Å². The number of rotatable bonds is 1. The summed E-state index contributed by atoms with van der Waals surface area (Å²) in [7, 11) is 0. The maximum Gasteiger partial charge on any atom is 0.425 e. The van der Waals surface area contributed by atoms with Crippen LogP contribution in [0.1, 0.15) is 41.5 Å². The number of nitrogens with zero attached hydrogens (tertiary/aromatic N) is 3. The van der Waals surface area contributed by atoms with Gasteiger partial charge in [0.15, 0.2) is 5.82 Å². The Morgan fingerprint density at radius 3 is 1.74 bits per heavy atom. The minimum Gasteiger partial charge on any atom is -0.443 e. The number of halogens is 2. The van der Waals surface area contributed by atoms with E-state index in [1.807, 2.05) is 0 Å². The summed E-state index contributed by atoms with van der Waals surface area (Å²) in [6, 6.07) is 1.21. The average Bonchev–Trinajstić information content (AvgIpc) is 2.21. The number of carbonyl (C=O) groups is 2. The van der Waals surface area contributed by atoms with E-state index in [0.717, 1.165) is 0 Å². The zero-order chi connectivity index (χ0) is 18.0. The smallest absolute Gasteiger partial charge is 0.425 e. The van der Waals surface area contributed by atoms with E-state index >= 15 is 0 Å². The minimum absolute atomic E-state index is 0.0304. The standard InChI is InChI=1S/C14H19Cl2N3O4/c1-13(2,3)22-11(20)19(12(21)23-14(4,5)6)9-7-8(15)17-10(16)18-9/h7H,1-6H3. The Morgan fingerprint density at radius 2 is 1.39 bits per heavy atom. The van der Waals surface area contributed by atoms with Gasteiger partial charge in [-0.05, 0) is 53.1 Å². The number of aromatic nitrogens is 2. The topological polar surface area (TPSA) is 81.6 Å². The molecule has 7 nitrogen and oxygen atoms in total. The monoisotopic (exact) mass is 363 g/mol. The van der Waals surface area contributed by atoms with Gasteiger partial charge in [-0.15, -0.1) is 0 Å². The third kappa shape index (κ3) is 6.58. The summed E-state index contributed by atoms with van der Waals surface area (Å²) in [6.07, 6.45) is -1.92. The Bertz CT molecular complexity index is 561. The van der Waals surface area contributed by atoms with Crippen LogP contribution in [0.2, 0.25) is 10.4 Å². The molecule has 23 heavy (non-hydrogen) atoms. The Labute approximate surface area is 144 Å². The first kappa shape index (κ1) is 19.4. The number of hydrogen-bond acceptors (Lipinski definition) is 6. The number of carbonyl (C=O) groups excluding carboxylic acids is 2. The predicted molar refractivity (Wildman–Crippen MR) is 87.0 cm³/mol. The molecule has 0 unspecified atom stereocenters. The van der Waals surface area contributed by atoms with Crippen molar-refractivity contribution in [2.24, 2.45) is 0 Å². The highest BCUT2D eigenvalue weighted by Gasteiger charge is 2.34. The first-order valence-corrected chi connectivity index (χ1v) is 7.50. The zero-order valence-electron chi connectivity index (χ0n) is 13.8. The van der Waals surface area contributed by atoms with Crippen LogP contribution in [0.15, 0.2) is 6.07 Å². The second kappa shape index (κ2) is 6.88. The molecule has 2 amide bonds. The Kier molecular flexibility index (Phi) is 5.82. The van der Waals surface area contributed by atoms with Crippen LogP contribution in [0.3, 0.4) is 0 Å². The van der Waals surface area contributed by atoms with Crippen LogP contribution in [0.5, 0.6) is 0 Å². The lowest BCUT2D eigenvalue weighted by atomic mass is 10.2. The van der Waals surface area contributed by atoms with E-state index in [2.05, 4.69) is 9.97 Å². The van der Waals surface area contributed by atoms with Crippen LogP contribution in [-0.2, 0) is 9.47 Å². The summed E-state index contributed by atoms with van der Waals surface area (Å²) in [5, 5.41) is -0.248. The first-order chi connectivity index (χ1) is 10.3. The lowest BCUT2D eigenvalue weighted by molar-refractivity contribution is 0.0429. The van der Waals surface area contributed by atoms with Crippen LogP contribution in [-0.4, -0.2) is 33.4 Å². The highest BCUT2D eigenvalue weighted by Crippen LogP contribution is 2.23. The van der Waals surface area contributed by atoms with Gasteiger partial charge < -0.3 is 9.47 Å². The fraction of sp³-hybridized carbons (Fsp3) is 0.571. The number of ether oxygens (including phenoxy) is 2. The predicted octanol–water partition coefficient (Wildman–Crippen LogP) is 4.46. The number of imide groups is 1. The molecule has 0 aromatic carbocycles. The molecule has 1 aromatic rings. The third-order valence-corrected chi connectivity index (χ3v) is 2.40. The molecule has 0 saturated carbocycles. The molecule has 9 heteroatoms. The van der Waals surface area contributed by atoms with Crippen LogP contribution >= 0.6 is 23.2 Å². The van der Waals surface area contributed by atoms with E-state index < -0.39 is 23.4 Å². The molecule has 1 aromatic heterocycles. The van der Waals surface area contributed by atoms with Crippen molar-refractivity contribution in [2.45, 2.75) is 52.7 Å². The summed E-state index contributed by atoms with van der Waals surface area (Å²) in [4.78, 5) is 32.9. The van der Waals surface area contributed by atoms with Crippen molar-refractivity contribution in [2.75, 3.05) is 4.90 Å². The van der Waals surface area contributed by atoms with Crippen molar-refractivity contribution < 1.29 is 19.1 Å². The fourth-order valence-electron chi connectivity index (χ4n) is 1.37. The van der Waals surface area contributed by atoms with Crippen molar-refractivity contribution in [3.8, 4) is 0 Å². The summed E-state index contributed by atoms with van der Waals surface area (Å²) < 4.78 is 10.4. The van der Waals surface area contributed by atoms with Gasteiger partial charge in [-0.25, -0.2) is 14.6 Å². The van der Waals surface area contributed by atoms with E-state index in [9.17, 15) is 9.59 Å². The van der Waals surface area contributed by atoms with Crippen LogP contribution < -0.4 is 4.90 Å². The van der Waals surface area contributed by atoms with Crippen molar-refractivity contribution >= 4 is 41.2 Å².